The number of hydrogen-bond acceptors (Lipinski definition) is 4. The number of anilines is 2. The highest BCUT2D eigenvalue weighted by Crippen LogP contribution is 2.21. The third kappa shape index (κ3) is 4.72. The molecule has 0 bridgehead atoms. The van der Waals surface area contributed by atoms with Crippen molar-refractivity contribution in [3.05, 3.63) is 59.4 Å². The van der Waals surface area contributed by atoms with Crippen molar-refractivity contribution in [1.82, 2.24) is 0 Å². The van der Waals surface area contributed by atoms with Gasteiger partial charge in [0.2, 0.25) is 0 Å². The van der Waals surface area contributed by atoms with Crippen LogP contribution in [0.15, 0.2) is 42.5 Å². The molecule has 0 fully saturated rings. The van der Waals surface area contributed by atoms with Gasteiger partial charge in [-0.05, 0) is 30.2 Å². The summed E-state index contributed by atoms with van der Waals surface area (Å²) in [5.74, 6) is -0.470. The lowest BCUT2D eigenvalue weighted by atomic mass is 10.1. The Labute approximate surface area is 129 Å². The predicted molar refractivity (Wildman–Crippen MR) is 86.1 cm³/mol. The highest BCUT2D eigenvalue weighted by Gasteiger charge is 2.08. The quantitative estimate of drug-likeness (QED) is 0.688. The molecule has 0 aromatic heterocycles. The molecule has 0 radical (unpaired) electrons. The molecule has 0 aliphatic rings. The Kier molecular flexibility index (Phi) is 5.75. The first kappa shape index (κ1) is 16.3. The van der Waals surface area contributed by atoms with Gasteiger partial charge >= 0.3 is 0 Å². The topological polar surface area (TPSA) is 67.5 Å². The minimum absolute atomic E-state index is 0.120. The van der Waals surface area contributed by atoms with Crippen LogP contribution in [0.3, 0.4) is 0 Å². The zero-order valence-corrected chi connectivity index (χ0v) is 12.6. The molecule has 0 aliphatic carbocycles. The summed E-state index contributed by atoms with van der Waals surface area (Å²) >= 11 is 0. The first-order chi connectivity index (χ1) is 10.6. The van der Waals surface area contributed by atoms with Crippen molar-refractivity contribution in [3.63, 3.8) is 0 Å². The van der Waals surface area contributed by atoms with Crippen LogP contribution in [-0.4, -0.2) is 24.4 Å². The summed E-state index contributed by atoms with van der Waals surface area (Å²) in [5.41, 5.74) is 8.12. The fourth-order valence-corrected chi connectivity index (χ4v) is 2.07. The summed E-state index contributed by atoms with van der Waals surface area (Å²) in [6.07, 6.45) is -0.677. The Bertz CT molecular complexity index is 605. The first-order valence-corrected chi connectivity index (χ1v) is 7.15. The number of nitrogen functional groups attached to an aromatic ring is 1. The van der Waals surface area contributed by atoms with E-state index in [1.165, 1.54) is 6.07 Å². The third-order valence-corrected chi connectivity index (χ3v) is 3.29. The molecule has 0 heterocycles. The fourth-order valence-electron chi connectivity index (χ4n) is 2.07. The van der Waals surface area contributed by atoms with E-state index in [1.807, 2.05) is 37.3 Å². The lowest BCUT2D eigenvalue weighted by Gasteiger charge is -2.15. The third-order valence-electron chi connectivity index (χ3n) is 3.29. The maximum absolute atomic E-state index is 13.4. The highest BCUT2D eigenvalue weighted by molar-refractivity contribution is 5.58. The molecule has 5 heteroatoms. The van der Waals surface area contributed by atoms with Crippen molar-refractivity contribution in [2.24, 2.45) is 0 Å². The van der Waals surface area contributed by atoms with E-state index in [2.05, 4.69) is 5.32 Å². The molecule has 22 heavy (non-hydrogen) atoms. The van der Waals surface area contributed by atoms with Crippen LogP contribution in [0.4, 0.5) is 15.8 Å². The van der Waals surface area contributed by atoms with Crippen LogP contribution in [0, 0.1) is 12.7 Å². The van der Waals surface area contributed by atoms with E-state index in [4.69, 9.17) is 10.5 Å². The van der Waals surface area contributed by atoms with Gasteiger partial charge in [-0.15, -0.1) is 0 Å². The number of nitrogens with two attached hydrogens (primary N) is 1. The van der Waals surface area contributed by atoms with E-state index in [9.17, 15) is 9.50 Å². The molecule has 0 saturated heterocycles. The van der Waals surface area contributed by atoms with Gasteiger partial charge in [0.15, 0.2) is 0 Å². The second kappa shape index (κ2) is 7.77. The van der Waals surface area contributed by atoms with Gasteiger partial charge in [-0.1, -0.05) is 30.3 Å². The largest absolute Gasteiger partial charge is 0.396 e. The molecule has 0 saturated carbocycles. The van der Waals surface area contributed by atoms with Crippen molar-refractivity contribution in [3.8, 4) is 0 Å². The van der Waals surface area contributed by atoms with E-state index in [-0.39, 0.29) is 18.8 Å². The Hall–Kier alpha value is -2.11. The van der Waals surface area contributed by atoms with Crippen LogP contribution in [-0.2, 0) is 11.3 Å². The van der Waals surface area contributed by atoms with Gasteiger partial charge in [0.05, 0.1) is 25.0 Å². The predicted octanol–water partition coefficient (Wildman–Crippen LogP) is 2.71. The minimum Gasteiger partial charge on any atom is -0.396 e. The van der Waals surface area contributed by atoms with Crippen molar-refractivity contribution < 1.29 is 14.2 Å². The van der Waals surface area contributed by atoms with Gasteiger partial charge in [0.1, 0.15) is 5.82 Å². The molecule has 4 nitrogen and oxygen atoms in total. The zero-order valence-electron chi connectivity index (χ0n) is 12.6. The van der Waals surface area contributed by atoms with Crippen LogP contribution < -0.4 is 11.1 Å². The molecular weight excluding hydrogens is 283 g/mol. The Morgan fingerprint density at radius 3 is 2.73 bits per heavy atom. The lowest BCUT2D eigenvalue weighted by Crippen LogP contribution is -2.25. The summed E-state index contributed by atoms with van der Waals surface area (Å²) in [6, 6.07) is 12.6. The molecular formula is C17H21FN2O2. The molecule has 2 aromatic rings. The molecule has 2 rings (SSSR count). The number of aryl methyl sites for hydroxylation is 1. The van der Waals surface area contributed by atoms with Gasteiger partial charge in [-0.3, -0.25) is 0 Å². The Balaban J connectivity index is 1.76. The second-order valence-corrected chi connectivity index (χ2v) is 5.22. The van der Waals surface area contributed by atoms with Crippen LogP contribution in [0.5, 0.6) is 0 Å². The van der Waals surface area contributed by atoms with E-state index in [1.54, 1.807) is 6.07 Å². The zero-order chi connectivity index (χ0) is 15.9. The van der Waals surface area contributed by atoms with Crippen molar-refractivity contribution in [2.75, 3.05) is 24.2 Å². The number of aliphatic hydroxyl groups excluding tert-OH is 1. The van der Waals surface area contributed by atoms with Gasteiger partial charge in [0.25, 0.3) is 0 Å². The smallest absolute Gasteiger partial charge is 0.148 e. The van der Waals surface area contributed by atoms with Gasteiger partial charge in [-0.2, -0.15) is 0 Å². The number of nitrogens with one attached hydrogen (secondary N) is 1. The van der Waals surface area contributed by atoms with Gasteiger partial charge in [0, 0.05) is 12.2 Å². The minimum atomic E-state index is -0.677. The average Bonchev–Trinajstić information content (AvgIpc) is 2.50. The normalized spacial score (nSPS) is 12.1. The molecule has 4 N–H and O–H groups in total. The number of hydrogen-bond donors (Lipinski definition) is 3. The average molecular weight is 304 g/mol. The van der Waals surface area contributed by atoms with Gasteiger partial charge in [-0.25, -0.2) is 4.39 Å². The monoisotopic (exact) mass is 304 g/mol. The number of aliphatic hydroxyl groups is 1. The number of rotatable bonds is 7. The maximum atomic E-state index is 13.4. The maximum Gasteiger partial charge on any atom is 0.148 e. The van der Waals surface area contributed by atoms with E-state index < -0.39 is 11.9 Å². The molecule has 0 aliphatic heterocycles. The van der Waals surface area contributed by atoms with Crippen LogP contribution in [0.25, 0.3) is 0 Å². The fraction of sp³-hybridized carbons (Fsp3) is 0.294. The second-order valence-electron chi connectivity index (χ2n) is 5.22. The number of ether oxygens (including phenoxy) is 1. The Morgan fingerprint density at radius 1 is 1.27 bits per heavy atom. The summed E-state index contributed by atoms with van der Waals surface area (Å²) in [5, 5.41) is 12.9. The number of halogens is 1. The summed E-state index contributed by atoms with van der Waals surface area (Å²) in [7, 11) is 0. The lowest BCUT2D eigenvalue weighted by molar-refractivity contribution is 0.0348. The van der Waals surface area contributed by atoms with Crippen LogP contribution in [0.2, 0.25) is 0 Å². The van der Waals surface area contributed by atoms with Gasteiger partial charge < -0.3 is 20.9 Å². The van der Waals surface area contributed by atoms with Crippen LogP contribution in [0.1, 0.15) is 11.1 Å². The molecule has 1 atom stereocenters. The first-order valence-electron chi connectivity index (χ1n) is 7.15. The van der Waals surface area contributed by atoms with Crippen molar-refractivity contribution >= 4 is 11.4 Å². The summed E-state index contributed by atoms with van der Waals surface area (Å²) < 4.78 is 18.9. The summed E-state index contributed by atoms with van der Waals surface area (Å²) in [4.78, 5) is 0. The molecule has 0 spiro atoms. The number of benzene rings is 2. The Morgan fingerprint density at radius 2 is 2.00 bits per heavy atom. The molecule has 1 unspecified atom stereocenters. The molecule has 0 amide bonds. The van der Waals surface area contributed by atoms with E-state index in [0.29, 0.717) is 12.3 Å². The standard InChI is InChI=1S/C17H21FN2O2/c1-12-7-16(19)15(18)8-17(12)20-9-14(21)11-22-10-13-5-3-2-4-6-13/h2-8,14,20-21H,9-11,19H2,1H3. The van der Waals surface area contributed by atoms with E-state index in [0.717, 1.165) is 11.1 Å². The SMILES string of the molecule is Cc1cc(N)c(F)cc1NCC(O)COCc1ccccc1. The van der Waals surface area contributed by atoms with Crippen LogP contribution >= 0.6 is 0 Å². The van der Waals surface area contributed by atoms with Crippen molar-refractivity contribution in [1.29, 1.82) is 0 Å². The van der Waals surface area contributed by atoms with E-state index >= 15 is 0 Å². The molecule has 118 valence electrons. The summed E-state index contributed by atoms with van der Waals surface area (Å²) in [6.45, 7) is 2.77. The highest BCUT2D eigenvalue weighted by atomic mass is 19.1. The molecule has 2 aromatic carbocycles. The van der Waals surface area contributed by atoms with Crippen molar-refractivity contribution in [2.45, 2.75) is 19.6 Å².